The summed E-state index contributed by atoms with van der Waals surface area (Å²) in [6.45, 7) is 2.23. The number of hydrogen-bond acceptors (Lipinski definition) is 7. The number of thiophene rings is 1. The van der Waals surface area contributed by atoms with Crippen LogP contribution in [0.15, 0.2) is 50.5 Å². The van der Waals surface area contributed by atoms with Crippen molar-refractivity contribution >= 4 is 27.3 Å². The van der Waals surface area contributed by atoms with Crippen LogP contribution in [0.1, 0.15) is 31.7 Å². The summed E-state index contributed by atoms with van der Waals surface area (Å²) in [4.78, 5) is 17.1. The highest BCUT2D eigenvalue weighted by Crippen LogP contribution is 2.27. The molecule has 0 bridgehead atoms. The Morgan fingerprint density at radius 1 is 1.32 bits per heavy atom. The van der Waals surface area contributed by atoms with Gasteiger partial charge in [-0.2, -0.15) is 9.29 Å². The predicted octanol–water partition coefficient (Wildman–Crippen LogP) is 3.22. The van der Waals surface area contributed by atoms with Crippen LogP contribution in [0.5, 0.6) is 0 Å². The first-order chi connectivity index (χ1) is 14.8. The van der Waals surface area contributed by atoms with Crippen LogP contribution in [-0.4, -0.2) is 41.9 Å². The number of sulfonamides is 1. The van der Waals surface area contributed by atoms with Gasteiger partial charge in [0, 0.05) is 18.7 Å². The zero-order chi connectivity index (χ0) is 22.0. The molecule has 1 amide bonds. The highest BCUT2D eigenvalue weighted by molar-refractivity contribution is 7.91. The minimum absolute atomic E-state index is 0.128. The van der Waals surface area contributed by atoms with E-state index in [4.69, 9.17) is 4.52 Å². The van der Waals surface area contributed by atoms with Crippen molar-refractivity contribution in [3.8, 4) is 11.4 Å². The molecule has 164 valence electrons. The molecule has 1 aliphatic heterocycles. The average molecular weight is 465 g/mol. The number of nitrogens with one attached hydrogen (secondary N) is 1. The Balaban J connectivity index is 1.40. The molecule has 2 atom stereocenters. The molecule has 2 aromatic heterocycles. The molecule has 1 fully saturated rings. The van der Waals surface area contributed by atoms with Crippen molar-refractivity contribution in [2.24, 2.45) is 5.92 Å². The van der Waals surface area contributed by atoms with E-state index < -0.39 is 22.0 Å². The fourth-order valence-corrected chi connectivity index (χ4v) is 6.10. The van der Waals surface area contributed by atoms with Crippen molar-refractivity contribution in [2.45, 2.75) is 30.0 Å². The van der Waals surface area contributed by atoms with Crippen molar-refractivity contribution in [2.75, 3.05) is 13.1 Å². The molecule has 0 aliphatic carbocycles. The molecule has 11 heteroatoms. The van der Waals surface area contributed by atoms with Crippen LogP contribution in [0, 0.1) is 11.7 Å². The van der Waals surface area contributed by atoms with E-state index in [0.717, 1.165) is 11.3 Å². The normalized spacial score (nSPS) is 18.6. The summed E-state index contributed by atoms with van der Waals surface area (Å²) in [7, 11) is -3.59. The van der Waals surface area contributed by atoms with E-state index >= 15 is 0 Å². The zero-order valence-electron chi connectivity index (χ0n) is 16.7. The molecule has 1 saturated heterocycles. The number of benzene rings is 1. The number of aromatic nitrogens is 2. The van der Waals surface area contributed by atoms with Gasteiger partial charge in [-0.1, -0.05) is 11.2 Å². The third-order valence-electron chi connectivity index (χ3n) is 5.12. The third-order valence-corrected chi connectivity index (χ3v) is 8.36. The van der Waals surface area contributed by atoms with E-state index in [1.165, 1.54) is 28.6 Å². The second kappa shape index (κ2) is 8.85. The lowest BCUT2D eigenvalue weighted by atomic mass is 9.98. The summed E-state index contributed by atoms with van der Waals surface area (Å²) in [6, 6.07) is 8.39. The van der Waals surface area contributed by atoms with Crippen LogP contribution in [0.2, 0.25) is 0 Å². The van der Waals surface area contributed by atoms with E-state index in [2.05, 4.69) is 15.5 Å². The summed E-state index contributed by atoms with van der Waals surface area (Å²) >= 11 is 1.16. The minimum Gasteiger partial charge on any atom is -0.344 e. The Kier molecular flexibility index (Phi) is 6.17. The van der Waals surface area contributed by atoms with Crippen LogP contribution in [0.3, 0.4) is 0 Å². The monoisotopic (exact) mass is 464 g/mol. The molecular weight excluding hydrogens is 443 g/mol. The number of nitrogens with zero attached hydrogens (tertiary/aromatic N) is 3. The SMILES string of the molecule is CC(NC(=O)C1CCCN(S(=O)(=O)c2cccs2)C1)c1nc(-c2ccc(F)cc2)no1. The van der Waals surface area contributed by atoms with E-state index in [1.54, 1.807) is 24.4 Å². The van der Waals surface area contributed by atoms with Crippen molar-refractivity contribution in [3.63, 3.8) is 0 Å². The molecule has 0 spiro atoms. The van der Waals surface area contributed by atoms with Gasteiger partial charge < -0.3 is 9.84 Å². The maximum Gasteiger partial charge on any atom is 0.252 e. The first-order valence-corrected chi connectivity index (χ1v) is 12.1. The number of carbonyl (C=O) groups excluding carboxylic acids is 1. The van der Waals surface area contributed by atoms with E-state index in [-0.39, 0.29) is 28.4 Å². The Morgan fingerprint density at radius 2 is 2.10 bits per heavy atom. The van der Waals surface area contributed by atoms with Gasteiger partial charge >= 0.3 is 0 Å². The van der Waals surface area contributed by atoms with Gasteiger partial charge in [0.15, 0.2) is 0 Å². The quantitative estimate of drug-likeness (QED) is 0.601. The molecule has 8 nitrogen and oxygen atoms in total. The fourth-order valence-electron chi connectivity index (χ4n) is 3.43. The third kappa shape index (κ3) is 4.68. The maximum absolute atomic E-state index is 13.1. The molecule has 0 radical (unpaired) electrons. The molecular formula is C20H21FN4O4S2. The van der Waals surface area contributed by atoms with Crippen molar-refractivity contribution in [1.29, 1.82) is 0 Å². The zero-order valence-corrected chi connectivity index (χ0v) is 18.3. The molecule has 1 N–H and O–H groups in total. The van der Waals surface area contributed by atoms with Gasteiger partial charge in [0.05, 0.1) is 5.92 Å². The molecule has 4 rings (SSSR count). The Hall–Kier alpha value is -2.63. The van der Waals surface area contributed by atoms with Gasteiger partial charge in [0.2, 0.25) is 17.6 Å². The van der Waals surface area contributed by atoms with E-state index in [0.29, 0.717) is 30.8 Å². The number of rotatable bonds is 6. The average Bonchev–Trinajstić information content (AvgIpc) is 3.47. The van der Waals surface area contributed by atoms with E-state index in [1.807, 2.05) is 0 Å². The Morgan fingerprint density at radius 3 is 2.81 bits per heavy atom. The van der Waals surface area contributed by atoms with Crippen LogP contribution < -0.4 is 5.32 Å². The lowest BCUT2D eigenvalue weighted by Gasteiger charge is -2.31. The first kappa shape index (κ1) is 21.6. The molecule has 3 aromatic rings. The number of amides is 1. The number of carbonyl (C=O) groups is 1. The molecule has 2 unspecified atom stereocenters. The van der Waals surface area contributed by atoms with Gasteiger partial charge in [0.1, 0.15) is 16.1 Å². The first-order valence-electron chi connectivity index (χ1n) is 9.78. The van der Waals surface area contributed by atoms with Crippen LogP contribution in [0.25, 0.3) is 11.4 Å². The summed E-state index contributed by atoms with van der Waals surface area (Å²) < 4.78 is 45.5. The highest BCUT2D eigenvalue weighted by atomic mass is 32.2. The lowest BCUT2D eigenvalue weighted by Crippen LogP contribution is -2.45. The van der Waals surface area contributed by atoms with Gasteiger partial charge in [-0.05, 0) is 55.5 Å². The standard InChI is InChI=1S/C20H21FN4O4S2/c1-13(20-23-18(24-29-20)14-6-8-16(21)9-7-14)22-19(26)15-4-2-10-25(12-15)31(27,28)17-5-3-11-30-17/h3,5-9,11,13,15H,2,4,10,12H2,1H3,(H,22,26). The largest absolute Gasteiger partial charge is 0.344 e. The van der Waals surface area contributed by atoms with Crippen molar-refractivity contribution in [3.05, 3.63) is 53.5 Å². The second-order valence-corrected chi connectivity index (χ2v) is 10.4. The maximum atomic E-state index is 13.1. The number of halogens is 1. The Labute approximate surface area is 183 Å². The summed E-state index contributed by atoms with van der Waals surface area (Å²) in [5.41, 5.74) is 0.594. The smallest absolute Gasteiger partial charge is 0.252 e. The second-order valence-electron chi connectivity index (χ2n) is 7.33. The minimum atomic E-state index is -3.59. The summed E-state index contributed by atoms with van der Waals surface area (Å²) in [5.74, 6) is -0.588. The highest BCUT2D eigenvalue weighted by Gasteiger charge is 2.34. The molecule has 1 aliphatic rings. The van der Waals surface area contributed by atoms with Gasteiger partial charge in [-0.25, -0.2) is 12.8 Å². The van der Waals surface area contributed by atoms with E-state index in [9.17, 15) is 17.6 Å². The molecule has 0 saturated carbocycles. The number of piperidine rings is 1. The van der Waals surface area contributed by atoms with Gasteiger partial charge in [-0.3, -0.25) is 4.79 Å². The molecule has 31 heavy (non-hydrogen) atoms. The fraction of sp³-hybridized carbons (Fsp3) is 0.350. The number of hydrogen-bond donors (Lipinski definition) is 1. The summed E-state index contributed by atoms with van der Waals surface area (Å²) in [5, 5.41) is 8.43. The predicted molar refractivity (Wildman–Crippen MR) is 112 cm³/mol. The lowest BCUT2D eigenvalue weighted by molar-refractivity contribution is -0.126. The van der Waals surface area contributed by atoms with Gasteiger partial charge in [-0.15, -0.1) is 11.3 Å². The Bertz CT molecular complexity index is 1150. The molecule has 1 aromatic carbocycles. The van der Waals surface area contributed by atoms with Gasteiger partial charge in [0.25, 0.3) is 10.0 Å². The molecule has 3 heterocycles. The van der Waals surface area contributed by atoms with Crippen molar-refractivity contribution < 1.29 is 22.1 Å². The topological polar surface area (TPSA) is 105 Å². The van der Waals surface area contributed by atoms with Crippen LogP contribution in [0.4, 0.5) is 4.39 Å². The van der Waals surface area contributed by atoms with Crippen molar-refractivity contribution in [1.82, 2.24) is 19.8 Å². The van der Waals surface area contributed by atoms with Crippen LogP contribution in [-0.2, 0) is 14.8 Å². The van der Waals surface area contributed by atoms with Crippen LogP contribution >= 0.6 is 11.3 Å². The summed E-state index contributed by atoms with van der Waals surface area (Å²) in [6.07, 6.45) is 1.20.